The molecule has 0 amide bonds. The molecule has 0 aromatic carbocycles. The molecule has 2 nitrogen and oxygen atoms in total. The van der Waals surface area contributed by atoms with Gasteiger partial charge in [0, 0.05) is 13.2 Å². The lowest BCUT2D eigenvalue weighted by molar-refractivity contribution is 0.180. The van der Waals surface area contributed by atoms with Crippen molar-refractivity contribution in [2.75, 3.05) is 13.2 Å². The Bertz CT molecular complexity index is 422. The summed E-state index contributed by atoms with van der Waals surface area (Å²) in [5.74, 6) is 0. The average Bonchev–Trinajstić information content (AvgIpc) is 2.92. The van der Waals surface area contributed by atoms with Crippen LogP contribution in [0.5, 0.6) is 0 Å². The SMILES string of the molecule is CCCCCCCCCCCCCCCCCC[Si](CCCCCCCCCCCCC)(OCC)OCC. The molecule has 0 saturated heterocycles. The minimum absolute atomic E-state index is 0.823. The number of hydrogen-bond donors (Lipinski definition) is 0. The molecule has 0 aromatic heterocycles. The van der Waals surface area contributed by atoms with Gasteiger partial charge in [-0.1, -0.05) is 187 Å². The Hall–Kier alpha value is 0.137. The van der Waals surface area contributed by atoms with E-state index in [0.29, 0.717) is 0 Å². The van der Waals surface area contributed by atoms with Crippen molar-refractivity contribution in [3.8, 4) is 0 Å². The van der Waals surface area contributed by atoms with E-state index < -0.39 is 8.56 Å². The molecule has 0 aliphatic rings. The maximum atomic E-state index is 6.40. The molecule has 3 heteroatoms. The summed E-state index contributed by atoms with van der Waals surface area (Å²) < 4.78 is 12.8. The monoisotopic (exact) mass is 555 g/mol. The fraction of sp³-hybridized carbons (Fsp3) is 1.00. The molecule has 0 bridgehead atoms. The second-order valence-electron chi connectivity index (χ2n) is 12.1. The van der Waals surface area contributed by atoms with Crippen LogP contribution in [0.25, 0.3) is 0 Å². The van der Waals surface area contributed by atoms with E-state index in [1.54, 1.807) is 0 Å². The van der Waals surface area contributed by atoms with Gasteiger partial charge in [0.05, 0.1) is 0 Å². The summed E-state index contributed by atoms with van der Waals surface area (Å²) in [5, 5.41) is 0. The lowest BCUT2D eigenvalue weighted by Gasteiger charge is -2.30. The van der Waals surface area contributed by atoms with Crippen LogP contribution in [0.3, 0.4) is 0 Å². The van der Waals surface area contributed by atoms with Crippen LogP contribution in [0, 0.1) is 0 Å². The van der Waals surface area contributed by atoms with Gasteiger partial charge in [-0.2, -0.15) is 0 Å². The highest BCUT2D eigenvalue weighted by molar-refractivity contribution is 6.67. The van der Waals surface area contributed by atoms with Crippen LogP contribution in [0.2, 0.25) is 12.1 Å². The Balaban J connectivity index is 3.76. The van der Waals surface area contributed by atoms with Crippen LogP contribution >= 0.6 is 0 Å². The van der Waals surface area contributed by atoms with E-state index in [4.69, 9.17) is 8.85 Å². The Morgan fingerprint density at radius 3 is 0.711 bits per heavy atom. The highest BCUT2D eigenvalue weighted by Gasteiger charge is 2.35. The first kappa shape index (κ1) is 38.1. The molecule has 0 radical (unpaired) electrons. The Morgan fingerprint density at radius 2 is 0.500 bits per heavy atom. The van der Waals surface area contributed by atoms with Crippen LogP contribution < -0.4 is 0 Å². The first-order valence-corrected chi connectivity index (χ1v) is 20.3. The Labute approximate surface area is 243 Å². The van der Waals surface area contributed by atoms with Crippen molar-refractivity contribution in [1.82, 2.24) is 0 Å². The maximum absolute atomic E-state index is 6.40. The van der Waals surface area contributed by atoms with E-state index >= 15 is 0 Å². The van der Waals surface area contributed by atoms with Gasteiger partial charge in [-0.3, -0.25) is 0 Å². The Morgan fingerprint density at radius 1 is 0.289 bits per heavy atom. The number of unbranched alkanes of at least 4 members (excludes halogenated alkanes) is 25. The molecule has 0 saturated carbocycles. The van der Waals surface area contributed by atoms with Crippen LogP contribution in [0.15, 0.2) is 0 Å². The predicted molar refractivity (Wildman–Crippen MR) is 175 cm³/mol. The van der Waals surface area contributed by atoms with Crippen molar-refractivity contribution in [1.29, 1.82) is 0 Å². The minimum atomic E-state index is -2.00. The zero-order valence-corrected chi connectivity index (χ0v) is 28.2. The third-order valence-corrected chi connectivity index (χ3v) is 12.2. The smallest absolute Gasteiger partial charge is 0.338 e. The van der Waals surface area contributed by atoms with Gasteiger partial charge in [0.15, 0.2) is 0 Å². The molecule has 0 aromatic rings. The standard InChI is InChI=1S/C35H74O2Si/c1-5-9-11-13-15-17-19-20-21-22-23-25-27-29-31-33-35-38(36-7-3,37-8-4)34-32-30-28-26-24-18-16-14-12-10-6-2/h5-35H2,1-4H3. The molecule has 0 fully saturated rings. The van der Waals surface area contributed by atoms with Gasteiger partial charge < -0.3 is 8.85 Å². The van der Waals surface area contributed by atoms with Gasteiger partial charge in [0.25, 0.3) is 0 Å². The summed E-state index contributed by atoms with van der Waals surface area (Å²) >= 11 is 0. The fourth-order valence-electron chi connectivity index (χ4n) is 5.98. The lowest BCUT2D eigenvalue weighted by Crippen LogP contribution is -2.42. The second-order valence-corrected chi connectivity index (χ2v) is 15.5. The molecule has 0 atom stereocenters. The van der Waals surface area contributed by atoms with E-state index in [1.807, 2.05) is 0 Å². The predicted octanol–water partition coefficient (Wildman–Crippen LogP) is 13.1. The highest BCUT2D eigenvalue weighted by Crippen LogP contribution is 2.26. The van der Waals surface area contributed by atoms with E-state index in [9.17, 15) is 0 Å². The van der Waals surface area contributed by atoms with E-state index in [2.05, 4.69) is 27.7 Å². The third-order valence-electron chi connectivity index (χ3n) is 8.39. The number of hydrogen-bond acceptors (Lipinski definition) is 2. The molecule has 38 heavy (non-hydrogen) atoms. The van der Waals surface area contributed by atoms with Crippen LogP contribution in [-0.4, -0.2) is 21.8 Å². The summed E-state index contributed by atoms with van der Waals surface area (Å²) in [6, 6.07) is 2.43. The van der Waals surface area contributed by atoms with Crippen LogP contribution in [-0.2, 0) is 8.85 Å². The van der Waals surface area contributed by atoms with Crippen molar-refractivity contribution in [2.24, 2.45) is 0 Å². The summed E-state index contributed by atoms with van der Waals surface area (Å²) in [6.07, 6.45) is 38.4. The zero-order valence-electron chi connectivity index (χ0n) is 27.2. The minimum Gasteiger partial charge on any atom is -0.394 e. The van der Waals surface area contributed by atoms with Crippen molar-refractivity contribution in [3.63, 3.8) is 0 Å². The molecule has 230 valence electrons. The summed E-state index contributed by atoms with van der Waals surface area (Å²) in [7, 11) is -2.00. The van der Waals surface area contributed by atoms with E-state index in [-0.39, 0.29) is 0 Å². The quantitative estimate of drug-likeness (QED) is 0.0593. The van der Waals surface area contributed by atoms with Crippen LogP contribution in [0.1, 0.15) is 201 Å². The molecule has 0 heterocycles. The molecule has 0 rings (SSSR count). The molecule has 0 aliphatic heterocycles. The molecule has 0 aliphatic carbocycles. The van der Waals surface area contributed by atoms with Gasteiger partial charge in [0.1, 0.15) is 0 Å². The number of rotatable bonds is 33. The second kappa shape index (κ2) is 31.7. The molecular formula is C35H74O2Si. The van der Waals surface area contributed by atoms with Crippen molar-refractivity contribution in [2.45, 2.75) is 213 Å². The van der Waals surface area contributed by atoms with Crippen LogP contribution in [0.4, 0.5) is 0 Å². The normalized spacial score (nSPS) is 12.0. The first-order chi connectivity index (χ1) is 18.7. The van der Waals surface area contributed by atoms with Gasteiger partial charge in [0.2, 0.25) is 0 Å². The zero-order chi connectivity index (χ0) is 27.8. The van der Waals surface area contributed by atoms with Gasteiger partial charge >= 0.3 is 8.56 Å². The molecular weight excluding hydrogens is 480 g/mol. The Kier molecular flexibility index (Phi) is 31.8. The molecule has 0 spiro atoms. The van der Waals surface area contributed by atoms with E-state index in [0.717, 1.165) is 13.2 Å². The summed E-state index contributed by atoms with van der Waals surface area (Å²) in [4.78, 5) is 0. The first-order valence-electron chi connectivity index (χ1n) is 18.0. The highest BCUT2D eigenvalue weighted by atomic mass is 28.4. The molecule has 0 unspecified atom stereocenters. The summed E-state index contributed by atoms with van der Waals surface area (Å²) in [6.45, 7) is 10.6. The van der Waals surface area contributed by atoms with Gasteiger partial charge in [-0.15, -0.1) is 0 Å². The van der Waals surface area contributed by atoms with Gasteiger partial charge in [-0.25, -0.2) is 0 Å². The van der Waals surface area contributed by atoms with Crippen molar-refractivity contribution >= 4 is 8.56 Å². The lowest BCUT2D eigenvalue weighted by atomic mass is 10.0. The summed E-state index contributed by atoms with van der Waals surface area (Å²) in [5.41, 5.74) is 0. The maximum Gasteiger partial charge on any atom is 0.338 e. The average molecular weight is 555 g/mol. The topological polar surface area (TPSA) is 18.5 Å². The van der Waals surface area contributed by atoms with E-state index in [1.165, 1.54) is 185 Å². The van der Waals surface area contributed by atoms with Gasteiger partial charge in [-0.05, 0) is 25.9 Å². The van der Waals surface area contributed by atoms with Crippen molar-refractivity contribution in [3.05, 3.63) is 0 Å². The largest absolute Gasteiger partial charge is 0.394 e. The van der Waals surface area contributed by atoms with Crippen molar-refractivity contribution < 1.29 is 8.85 Å². The molecule has 0 N–H and O–H groups in total. The third kappa shape index (κ3) is 26.4. The fourth-order valence-corrected chi connectivity index (χ4v) is 9.52.